The maximum atomic E-state index is 11.8. The molecule has 2 amide bonds. The molecule has 0 radical (unpaired) electrons. The maximum Gasteiger partial charge on any atom is 0.318 e. The molecule has 2 rings (SSSR count). The number of ether oxygens (including phenoxy) is 1. The summed E-state index contributed by atoms with van der Waals surface area (Å²) in [6, 6.07) is -0.0702. The van der Waals surface area contributed by atoms with Crippen LogP contribution >= 0.6 is 0 Å². The first-order valence-electron chi connectivity index (χ1n) is 5.67. The fraction of sp³-hybridized carbons (Fsp3) is 0.727. The Morgan fingerprint density at radius 2 is 2.25 bits per heavy atom. The molecule has 0 N–H and O–H groups in total. The molecule has 2 heterocycles. The first kappa shape index (κ1) is 11.1. The number of carbonyl (C=O) groups is 3. The van der Waals surface area contributed by atoms with Crippen molar-refractivity contribution >= 4 is 17.8 Å². The van der Waals surface area contributed by atoms with Gasteiger partial charge in [0, 0.05) is 12.5 Å². The predicted octanol–water partition coefficient (Wildman–Crippen LogP) is 0.477. The van der Waals surface area contributed by atoms with Crippen LogP contribution in [0.2, 0.25) is 0 Å². The molecule has 0 aliphatic carbocycles. The highest BCUT2D eigenvalue weighted by molar-refractivity contribution is 6.08. The third-order valence-electron chi connectivity index (χ3n) is 3.10. The molecule has 0 aromatic heterocycles. The van der Waals surface area contributed by atoms with Gasteiger partial charge >= 0.3 is 5.97 Å². The van der Waals surface area contributed by atoms with Gasteiger partial charge in [-0.25, -0.2) is 0 Å². The van der Waals surface area contributed by atoms with Crippen LogP contribution in [0, 0.1) is 5.92 Å². The number of hydrogen-bond acceptors (Lipinski definition) is 4. The Labute approximate surface area is 93.7 Å². The van der Waals surface area contributed by atoms with Crippen molar-refractivity contribution in [1.82, 2.24) is 4.90 Å². The fourth-order valence-corrected chi connectivity index (χ4v) is 2.31. The Hall–Kier alpha value is -1.39. The van der Waals surface area contributed by atoms with E-state index in [-0.39, 0.29) is 17.9 Å². The highest BCUT2D eigenvalue weighted by Gasteiger charge is 2.49. The van der Waals surface area contributed by atoms with Gasteiger partial charge in [-0.2, -0.15) is 0 Å². The topological polar surface area (TPSA) is 63.7 Å². The summed E-state index contributed by atoms with van der Waals surface area (Å²) < 4.78 is 4.95. The summed E-state index contributed by atoms with van der Waals surface area (Å²) in [5, 5.41) is 0. The number of carbonyl (C=O) groups excluding carboxylic acids is 3. The van der Waals surface area contributed by atoms with Crippen molar-refractivity contribution in [2.24, 2.45) is 5.92 Å². The van der Waals surface area contributed by atoms with Crippen LogP contribution in [0.5, 0.6) is 0 Å². The molecule has 16 heavy (non-hydrogen) atoms. The van der Waals surface area contributed by atoms with Gasteiger partial charge < -0.3 is 4.74 Å². The minimum atomic E-state index is -0.749. The van der Waals surface area contributed by atoms with Crippen molar-refractivity contribution in [3.05, 3.63) is 0 Å². The van der Waals surface area contributed by atoms with Crippen molar-refractivity contribution in [2.45, 2.75) is 38.6 Å². The lowest BCUT2D eigenvalue weighted by Gasteiger charge is -2.12. The molecular formula is C11H15NO4. The van der Waals surface area contributed by atoms with Gasteiger partial charge in [0.2, 0.25) is 11.8 Å². The van der Waals surface area contributed by atoms with Crippen LogP contribution in [0.4, 0.5) is 0 Å². The third kappa shape index (κ3) is 1.70. The molecule has 0 aromatic rings. The molecule has 0 saturated carbocycles. The first-order valence-corrected chi connectivity index (χ1v) is 5.67. The van der Waals surface area contributed by atoms with E-state index in [0.29, 0.717) is 25.9 Å². The van der Waals surface area contributed by atoms with Gasteiger partial charge in [0.25, 0.3) is 0 Å². The number of nitrogens with zero attached hydrogens (tertiary/aromatic N) is 1. The summed E-state index contributed by atoms with van der Waals surface area (Å²) in [5.74, 6) is -1.75. The summed E-state index contributed by atoms with van der Waals surface area (Å²) >= 11 is 0. The monoisotopic (exact) mass is 225 g/mol. The van der Waals surface area contributed by atoms with E-state index < -0.39 is 11.9 Å². The molecule has 2 aliphatic heterocycles. The first-order chi connectivity index (χ1) is 7.65. The zero-order chi connectivity index (χ0) is 11.7. The third-order valence-corrected chi connectivity index (χ3v) is 3.10. The number of amides is 2. The van der Waals surface area contributed by atoms with Crippen LogP contribution in [0.1, 0.15) is 32.6 Å². The summed E-state index contributed by atoms with van der Waals surface area (Å²) in [5.41, 5.74) is 0. The lowest BCUT2D eigenvalue weighted by Crippen LogP contribution is -2.34. The summed E-state index contributed by atoms with van der Waals surface area (Å²) in [6.07, 6.45) is 2.28. The SMILES string of the molecule is CCCOC(=O)C1CC2CCC(=O)N2C1=O. The Kier molecular flexibility index (Phi) is 2.94. The lowest BCUT2D eigenvalue weighted by molar-refractivity contribution is -0.153. The molecule has 88 valence electrons. The van der Waals surface area contributed by atoms with Crippen LogP contribution in [0.3, 0.4) is 0 Å². The van der Waals surface area contributed by atoms with Crippen LogP contribution in [-0.2, 0) is 19.1 Å². The molecule has 0 bridgehead atoms. The van der Waals surface area contributed by atoms with Gasteiger partial charge in [-0.3, -0.25) is 19.3 Å². The van der Waals surface area contributed by atoms with E-state index in [9.17, 15) is 14.4 Å². The van der Waals surface area contributed by atoms with Gasteiger partial charge in [0.1, 0.15) is 5.92 Å². The number of hydrogen-bond donors (Lipinski definition) is 0. The Bertz CT molecular complexity index is 339. The van der Waals surface area contributed by atoms with Gasteiger partial charge in [0.15, 0.2) is 0 Å². The molecule has 5 nitrogen and oxygen atoms in total. The molecule has 0 aromatic carbocycles. The lowest BCUT2D eigenvalue weighted by atomic mass is 10.0. The zero-order valence-corrected chi connectivity index (χ0v) is 9.27. The summed E-state index contributed by atoms with van der Waals surface area (Å²) in [4.78, 5) is 36.0. The zero-order valence-electron chi connectivity index (χ0n) is 9.27. The minimum Gasteiger partial charge on any atom is -0.465 e. The second kappa shape index (κ2) is 4.23. The smallest absolute Gasteiger partial charge is 0.318 e. The van der Waals surface area contributed by atoms with Gasteiger partial charge in [0.05, 0.1) is 6.61 Å². The van der Waals surface area contributed by atoms with Crippen molar-refractivity contribution in [3.8, 4) is 0 Å². The van der Waals surface area contributed by atoms with Crippen LogP contribution in [0.15, 0.2) is 0 Å². The number of esters is 1. The van der Waals surface area contributed by atoms with E-state index in [2.05, 4.69) is 0 Å². The number of imide groups is 1. The predicted molar refractivity (Wildman–Crippen MR) is 54.2 cm³/mol. The Morgan fingerprint density at radius 3 is 2.88 bits per heavy atom. The standard InChI is InChI=1S/C11H15NO4/c1-2-5-16-11(15)8-6-7-3-4-9(13)12(7)10(8)14/h7-8H,2-6H2,1H3. The number of rotatable bonds is 3. The summed E-state index contributed by atoms with van der Waals surface area (Å²) in [7, 11) is 0. The van der Waals surface area contributed by atoms with Crippen molar-refractivity contribution in [1.29, 1.82) is 0 Å². The van der Waals surface area contributed by atoms with Crippen LogP contribution in [-0.4, -0.2) is 35.3 Å². The van der Waals surface area contributed by atoms with Gasteiger partial charge in [-0.05, 0) is 19.3 Å². The molecule has 2 atom stereocenters. The molecule has 2 aliphatic rings. The molecular weight excluding hydrogens is 210 g/mol. The van der Waals surface area contributed by atoms with Crippen LogP contribution < -0.4 is 0 Å². The van der Waals surface area contributed by atoms with Gasteiger partial charge in [-0.15, -0.1) is 0 Å². The van der Waals surface area contributed by atoms with Crippen molar-refractivity contribution in [2.75, 3.05) is 6.61 Å². The van der Waals surface area contributed by atoms with E-state index in [1.165, 1.54) is 4.90 Å². The second-order valence-electron chi connectivity index (χ2n) is 4.25. The van der Waals surface area contributed by atoms with Gasteiger partial charge in [-0.1, -0.05) is 6.92 Å². The second-order valence-corrected chi connectivity index (χ2v) is 4.25. The van der Waals surface area contributed by atoms with Crippen LogP contribution in [0.25, 0.3) is 0 Å². The number of fused-ring (bicyclic) bond motifs is 1. The molecule has 0 spiro atoms. The average molecular weight is 225 g/mol. The summed E-state index contributed by atoms with van der Waals surface area (Å²) in [6.45, 7) is 2.23. The van der Waals surface area contributed by atoms with Crippen molar-refractivity contribution in [3.63, 3.8) is 0 Å². The maximum absolute atomic E-state index is 11.8. The molecule has 2 fully saturated rings. The average Bonchev–Trinajstić information content (AvgIpc) is 2.78. The largest absolute Gasteiger partial charge is 0.465 e. The Morgan fingerprint density at radius 1 is 1.50 bits per heavy atom. The molecule has 2 saturated heterocycles. The van der Waals surface area contributed by atoms with E-state index in [1.807, 2.05) is 6.92 Å². The minimum absolute atomic E-state index is 0.0702. The Balaban J connectivity index is 2.02. The highest BCUT2D eigenvalue weighted by atomic mass is 16.5. The van der Waals surface area contributed by atoms with E-state index in [1.54, 1.807) is 0 Å². The van der Waals surface area contributed by atoms with E-state index in [0.717, 1.165) is 6.42 Å². The fourth-order valence-electron chi connectivity index (χ4n) is 2.31. The van der Waals surface area contributed by atoms with Crippen molar-refractivity contribution < 1.29 is 19.1 Å². The van der Waals surface area contributed by atoms with E-state index in [4.69, 9.17) is 4.74 Å². The highest BCUT2D eigenvalue weighted by Crippen LogP contribution is 2.33. The van der Waals surface area contributed by atoms with E-state index >= 15 is 0 Å². The molecule has 2 unspecified atom stereocenters. The molecule has 5 heteroatoms. The normalized spacial score (nSPS) is 28.4. The quantitative estimate of drug-likeness (QED) is 0.398.